The van der Waals surface area contributed by atoms with Crippen LogP contribution in [-0.2, 0) is 15.6 Å². The van der Waals surface area contributed by atoms with Gasteiger partial charge in [-0.1, -0.05) is 26.8 Å². The van der Waals surface area contributed by atoms with E-state index in [1.807, 2.05) is 0 Å². The molecule has 1 aromatic heterocycles. The predicted octanol–water partition coefficient (Wildman–Crippen LogP) is 4.08. The van der Waals surface area contributed by atoms with Crippen LogP contribution in [0.25, 0.3) is 0 Å². The van der Waals surface area contributed by atoms with Crippen molar-refractivity contribution in [3.05, 3.63) is 53.3 Å². The summed E-state index contributed by atoms with van der Waals surface area (Å²) in [6.07, 6.45) is 2.80. The Morgan fingerprint density at radius 2 is 2.06 bits per heavy atom. The van der Waals surface area contributed by atoms with Crippen LogP contribution in [0.3, 0.4) is 0 Å². The maximum atomic E-state index is 13.6. The zero-order chi connectivity index (χ0) is 25.6. The second-order valence-corrected chi connectivity index (χ2v) is 15.0. The molecule has 1 N–H and O–H groups in total. The number of benzene rings is 1. The summed E-state index contributed by atoms with van der Waals surface area (Å²) in [6, 6.07) is 7.85. The Morgan fingerprint density at radius 1 is 1.29 bits per heavy atom. The summed E-state index contributed by atoms with van der Waals surface area (Å²) in [5, 5.41) is 10.0. The van der Waals surface area contributed by atoms with E-state index in [-0.39, 0.29) is 40.7 Å². The van der Waals surface area contributed by atoms with Crippen molar-refractivity contribution in [2.75, 3.05) is 33.0 Å². The van der Waals surface area contributed by atoms with Gasteiger partial charge < -0.3 is 23.9 Å². The van der Waals surface area contributed by atoms with Gasteiger partial charge in [-0.3, -0.25) is 14.6 Å². The lowest BCUT2D eigenvalue weighted by molar-refractivity contribution is -0.0152. The van der Waals surface area contributed by atoms with Crippen molar-refractivity contribution in [2.45, 2.75) is 51.4 Å². The summed E-state index contributed by atoms with van der Waals surface area (Å²) in [5.41, 5.74) is 1.33. The van der Waals surface area contributed by atoms with E-state index in [1.54, 1.807) is 35.4 Å². The van der Waals surface area contributed by atoms with Crippen molar-refractivity contribution in [3.63, 3.8) is 0 Å². The molecule has 0 spiro atoms. The molecule has 3 rings (SSSR count). The molecule has 0 bridgehead atoms. The smallest absolute Gasteiger partial charge is 0.256 e. The summed E-state index contributed by atoms with van der Waals surface area (Å²) in [6.45, 7) is 12.8. The number of carbonyl (C=O) groups excluding carboxylic acids is 2. The summed E-state index contributed by atoms with van der Waals surface area (Å²) in [4.78, 5) is 31.2. The fourth-order valence-electron chi connectivity index (χ4n) is 3.63. The van der Waals surface area contributed by atoms with Crippen molar-refractivity contribution in [3.8, 4) is 11.5 Å². The van der Waals surface area contributed by atoms with Gasteiger partial charge in [0.05, 0.1) is 36.1 Å². The van der Waals surface area contributed by atoms with Gasteiger partial charge in [-0.2, -0.15) is 0 Å². The van der Waals surface area contributed by atoms with Crippen LogP contribution >= 0.6 is 0 Å². The Hall–Kier alpha value is -2.75. The number of hydrogen-bond acceptors (Lipinski definition) is 7. The molecule has 0 unspecified atom stereocenters. The molecule has 1 fully saturated rings. The molecular weight excluding hydrogens is 464 g/mol. The molecule has 1 aromatic carbocycles. The zero-order valence-corrected chi connectivity index (χ0v) is 22.2. The van der Waals surface area contributed by atoms with Crippen molar-refractivity contribution < 1.29 is 28.6 Å². The normalized spacial score (nSPS) is 16.7. The van der Waals surface area contributed by atoms with Crippen molar-refractivity contribution in [1.29, 1.82) is 0 Å². The number of rotatable bonds is 9. The second kappa shape index (κ2) is 11.3. The number of pyridine rings is 1. The highest BCUT2D eigenvalue weighted by Crippen LogP contribution is 2.36. The molecule has 8 nitrogen and oxygen atoms in total. The van der Waals surface area contributed by atoms with E-state index in [4.69, 9.17) is 13.9 Å². The van der Waals surface area contributed by atoms with Gasteiger partial charge in [0.2, 0.25) is 0 Å². The first-order chi connectivity index (χ1) is 16.5. The van der Waals surface area contributed by atoms with Crippen LogP contribution in [0.1, 0.15) is 47.2 Å². The standard InChI is InChI=1S/C26H36N2O6Si/c1-26(2,3)35(4,5)34-14-11-22-20(8-7-12-27-22)25(31)28-13-15-32-17-19(28)18-33-24-10-6-9-23(30)21(24)16-29/h6-10,12,16,19,30H,11,13-15,17-18H2,1-5H3/t19-/m0/s1. The molecule has 2 heterocycles. The van der Waals surface area contributed by atoms with Gasteiger partial charge >= 0.3 is 0 Å². The van der Waals surface area contributed by atoms with Gasteiger partial charge in [0.25, 0.3) is 5.91 Å². The monoisotopic (exact) mass is 500 g/mol. The summed E-state index contributed by atoms with van der Waals surface area (Å²) in [7, 11) is -1.90. The molecule has 1 atom stereocenters. The summed E-state index contributed by atoms with van der Waals surface area (Å²) >= 11 is 0. The number of aromatic hydroxyl groups is 1. The largest absolute Gasteiger partial charge is 0.507 e. The maximum Gasteiger partial charge on any atom is 0.256 e. The van der Waals surface area contributed by atoms with E-state index >= 15 is 0 Å². The Kier molecular flexibility index (Phi) is 8.68. The molecule has 190 valence electrons. The molecule has 0 aliphatic carbocycles. The fourth-order valence-corrected chi connectivity index (χ4v) is 4.67. The molecule has 1 aliphatic rings. The lowest BCUT2D eigenvalue weighted by Gasteiger charge is -2.36. The first-order valence-corrected chi connectivity index (χ1v) is 14.8. The number of ether oxygens (including phenoxy) is 2. The number of morpholine rings is 1. The highest BCUT2D eigenvalue weighted by atomic mass is 28.4. The highest BCUT2D eigenvalue weighted by molar-refractivity contribution is 6.74. The predicted molar refractivity (Wildman–Crippen MR) is 136 cm³/mol. The van der Waals surface area contributed by atoms with Crippen LogP contribution in [0.5, 0.6) is 11.5 Å². The molecule has 9 heteroatoms. The Bertz CT molecular complexity index is 1040. The highest BCUT2D eigenvalue weighted by Gasteiger charge is 2.37. The lowest BCUT2D eigenvalue weighted by Crippen LogP contribution is -2.51. The average molecular weight is 501 g/mol. The lowest BCUT2D eigenvalue weighted by atomic mass is 10.1. The average Bonchev–Trinajstić information content (AvgIpc) is 2.82. The fraction of sp³-hybridized carbons (Fsp3) is 0.500. The minimum Gasteiger partial charge on any atom is -0.507 e. The Morgan fingerprint density at radius 3 is 2.77 bits per heavy atom. The van der Waals surface area contributed by atoms with Gasteiger partial charge in [0.1, 0.15) is 18.1 Å². The van der Waals surface area contributed by atoms with E-state index in [0.29, 0.717) is 50.3 Å². The number of carbonyl (C=O) groups is 2. The van der Waals surface area contributed by atoms with E-state index in [0.717, 1.165) is 0 Å². The first-order valence-electron chi connectivity index (χ1n) is 11.9. The molecule has 1 aliphatic heterocycles. The third kappa shape index (κ3) is 6.48. The molecule has 2 aromatic rings. The number of nitrogens with zero attached hydrogens (tertiary/aromatic N) is 2. The Labute approximate surface area is 208 Å². The van der Waals surface area contributed by atoms with Gasteiger partial charge in [-0.15, -0.1) is 0 Å². The van der Waals surface area contributed by atoms with Crippen LogP contribution < -0.4 is 4.74 Å². The summed E-state index contributed by atoms with van der Waals surface area (Å²) < 4.78 is 17.7. The van der Waals surface area contributed by atoms with E-state index in [1.165, 1.54) is 6.07 Å². The third-order valence-corrected chi connectivity index (χ3v) is 11.3. The van der Waals surface area contributed by atoms with Crippen LogP contribution in [0.15, 0.2) is 36.5 Å². The quantitative estimate of drug-likeness (QED) is 0.409. The van der Waals surface area contributed by atoms with Crippen molar-refractivity contribution >= 4 is 20.5 Å². The topological polar surface area (TPSA) is 98.2 Å². The van der Waals surface area contributed by atoms with Gasteiger partial charge in [0, 0.05) is 25.8 Å². The van der Waals surface area contributed by atoms with Gasteiger partial charge in [-0.05, 0) is 42.4 Å². The molecule has 0 radical (unpaired) electrons. The van der Waals surface area contributed by atoms with Crippen LogP contribution in [-0.4, -0.2) is 74.5 Å². The molecule has 1 amide bonds. The minimum atomic E-state index is -1.90. The summed E-state index contributed by atoms with van der Waals surface area (Å²) in [5.74, 6) is -0.0167. The second-order valence-electron chi connectivity index (χ2n) is 10.2. The zero-order valence-electron chi connectivity index (χ0n) is 21.2. The molecular formula is C26H36N2O6Si. The number of phenols is 1. The number of hydrogen-bond donors (Lipinski definition) is 1. The van der Waals surface area contributed by atoms with Gasteiger partial charge in [0.15, 0.2) is 14.6 Å². The number of aromatic nitrogens is 1. The number of phenolic OH excluding ortho intramolecular Hbond substituents is 1. The number of amides is 1. The minimum absolute atomic E-state index is 0.0818. The Balaban J connectivity index is 1.71. The van der Waals surface area contributed by atoms with Crippen LogP contribution in [0.2, 0.25) is 18.1 Å². The third-order valence-electron chi connectivity index (χ3n) is 6.81. The first kappa shape index (κ1) is 26.8. The van der Waals surface area contributed by atoms with Crippen molar-refractivity contribution in [2.24, 2.45) is 0 Å². The molecule has 0 saturated carbocycles. The van der Waals surface area contributed by atoms with E-state index in [2.05, 4.69) is 38.8 Å². The van der Waals surface area contributed by atoms with Crippen LogP contribution in [0, 0.1) is 0 Å². The van der Waals surface area contributed by atoms with Gasteiger partial charge in [-0.25, -0.2) is 0 Å². The van der Waals surface area contributed by atoms with Crippen LogP contribution in [0.4, 0.5) is 0 Å². The van der Waals surface area contributed by atoms with E-state index in [9.17, 15) is 14.7 Å². The maximum absolute atomic E-state index is 13.6. The number of aldehydes is 1. The molecule has 1 saturated heterocycles. The SMILES string of the molecule is CC(C)(C)[Si](C)(C)OCCc1ncccc1C(=O)N1CCOC[C@H]1COc1cccc(O)c1C=O. The van der Waals surface area contributed by atoms with E-state index < -0.39 is 8.32 Å². The molecule has 35 heavy (non-hydrogen) atoms. The van der Waals surface area contributed by atoms with Crippen molar-refractivity contribution in [1.82, 2.24) is 9.88 Å².